The molecule has 46 heavy (non-hydrogen) atoms. The molecule has 0 unspecified atom stereocenters. The van der Waals surface area contributed by atoms with Crippen LogP contribution >= 0.6 is 0 Å². The van der Waals surface area contributed by atoms with E-state index in [0.717, 1.165) is 56.1 Å². The van der Waals surface area contributed by atoms with Gasteiger partial charge in [-0.1, -0.05) is 81.4 Å². The van der Waals surface area contributed by atoms with E-state index in [1.165, 1.54) is 6.42 Å². The van der Waals surface area contributed by atoms with Crippen molar-refractivity contribution in [1.82, 2.24) is 0 Å². The molecule has 6 nitrogen and oxygen atoms in total. The molecule has 9 atom stereocenters. The van der Waals surface area contributed by atoms with Gasteiger partial charge in [-0.05, 0) is 103 Å². The van der Waals surface area contributed by atoms with Crippen molar-refractivity contribution < 1.29 is 28.5 Å². The standard InChI is InChI=1S/C40H54O6/c1-28(14-17-37(42)46-27-44-25-30-12-8-5-9-13-30)33-15-16-34-38-35(19-21-40(33,34)3)39(2)20-18-32(22-31(39)23-36(38)41)45-26-43-24-29-10-6-4-7-11-29/h4-13,28,31-35,38H,14-27H2,1-3H3/t28-,31+,32-,33-,34+,35+,38+,39+,40-/m1/s1. The maximum atomic E-state index is 14.0. The number of ether oxygens (including phenoxy) is 4. The lowest BCUT2D eigenvalue weighted by Crippen LogP contribution is -2.57. The van der Waals surface area contributed by atoms with Crippen molar-refractivity contribution in [2.24, 2.45) is 46.3 Å². The van der Waals surface area contributed by atoms with Crippen LogP contribution in [-0.2, 0) is 41.8 Å². The zero-order valence-electron chi connectivity index (χ0n) is 28.2. The first kappa shape index (κ1) is 33.4. The molecule has 0 spiro atoms. The normalized spacial score (nSPS) is 34.3. The summed E-state index contributed by atoms with van der Waals surface area (Å²) in [5, 5.41) is 0. The van der Waals surface area contributed by atoms with E-state index in [2.05, 4.69) is 32.9 Å². The van der Waals surface area contributed by atoms with E-state index in [4.69, 9.17) is 18.9 Å². The number of rotatable bonds is 13. The fourth-order valence-electron chi connectivity index (χ4n) is 10.4. The smallest absolute Gasteiger partial charge is 0.307 e. The first-order valence-corrected chi connectivity index (χ1v) is 17.8. The summed E-state index contributed by atoms with van der Waals surface area (Å²) in [5.74, 6) is 2.81. The molecule has 4 saturated carbocycles. The molecule has 4 aliphatic carbocycles. The fourth-order valence-corrected chi connectivity index (χ4v) is 10.4. The number of fused-ring (bicyclic) bond motifs is 5. The largest absolute Gasteiger partial charge is 0.438 e. The lowest BCUT2D eigenvalue weighted by atomic mass is 9.44. The number of Topliss-reactive ketones (excluding diaryl/α,β-unsaturated/α-hetero) is 1. The Morgan fingerprint density at radius 1 is 0.826 bits per heavy atom. The van der Waals surface area contributed by atoms with Crippen LogP contribution in [0.1, 0.15) is 96.1 Å². The quantitative estimate of drug-likeness (QED) is 0.126. The van der Waals surface area contributed by atoms with Crippen LogP contribution in [0.2, 0.25) is 0 Å². The molecule has 2 aromatic rings. The minimum Gasteiger partial charge on any atom is -0.438 e. The minimum atomic E-state index is -0.188. The van der Waals surface area contributed by atoms with Crippen molar-refractivity contribution in [2.45, 2.75) is 104 Å². The topological polar surface area (TPSA) is 71.1 Å². The Kier molecular flexibility index (Phi) is 10.7. The number of carbonyl (C=O) groups excluding carboxylic acids is 2. The van der Waals surface area contributed by atoms with Gasteiger partial charge in [0.1, 0.15) is 12.6 Å². The third-order valence-electron chi connectivity index (χ3n) is 12.9. The molecule has 4 aliphatic rings. The summed E-state index contributed by atoms with van der Waals surface area (Å²) in [6.07, 6.45) is 9.90. The molecule has 6 heteroatoms. The van der Waals surface area contributed by atoms with Gasteiger partial charge in [0.15, 0.2) is 6.79 Å². The number of hydrogen-bond acceptors (Lipinski definition) is 6. The highest BCUT2D eigenvalue weighted by Gasteiger charge is 2.63. The van der Waals surface area contributed by atoms with Crippen LogP contribution in [0.5, 0.6) is 0 Å². The average molecular weight is 631 g/mol. The molecular formula is C40H54O6. The fraction of sp³-hybridized carbons (Fsp3) is 0.650. The summed E-state index contributed by atoms with van der Waals surface area (Å²) in [6, 6.07) is 20.1. The highest BCUT2D eigenvalue weighted by molar-refractivity contribution is 5.83. The third kappa shape index (κ3) is 7.15. The minimum absolute atomic E-state index is 0.00875. The van der Waals surface area contributed by atoms with Gasteiger partial charge in [-0.15, -0.1) is 0 Å². The Morgan fingerprint density at radius 2 is 1.46 bits per heavy atom. The Morgan fingerprint density at radius 3 is 2.15 bits per heavy atom. The van der Waals surface area contributed by atoms with Crippen molar-refractivity contribution in [1.29, 1.82) is 0 Å². The number of benzene rings is 2. The van der Waals surface area contributed by atoms with Gasteiger partial charge in [-0.3, -0.25) is 9.59 Å². The Labute approximate surface area is 275 Å². The number of esters is 1. The molecule has 0 saturated heterocycles. The van der Waals surface area contributed by atoms with Crippen LogP contribution in [0.4, 0.5) is 0 Å². The summed E-state index contributed by atoms with van der Waals surface area (Å²) in [4.78, 5) is 26.5. The van der Waals surface area contributed by atoms with Crippen LogP contribution in [0, 0.1) is 46.3 Å². The van der Waals surface area contributed by atoms with Gasteiger partial charge in [-0.25, -0.2) is 0 Å². The highest BCUT2D eigenvalue weighted by Crippen LogP contribution is 2.67. The SMILES string of the molecule is C[C@H](CCC(=O)OCOCc1ccccc1)[C@H]1CC[C@H]2[C@@H]3C(=O)C[C@@H]4C[C@H](OCOCc5ccccc5)CC[C@]4(C)[C@H]3CC[C@]12C. The molecule has 0 bridgehead atoms. The summed E-state index contributed by atoms with van der Waals surface area (Å²) in [6.45, 7) is 8.58. The van der Waals surface area contributed by atoms with Crippen LogP contribution in [0.3, 0.4) is 0 Å². The van der Waals surface area contributed by atoms with Crippen LogP contribution in [0.15, 0.2) is 60.7 Å². The van der Waals surface area contributed by atoms with Crippen LogP contribution < -0.4 is 0 Å². The molecule has 4 fully saturated rings. The molecule has 6 rings (SSSR count). The molecule has 0 amide bonds. The maximum absolute atomic E-state index is 14.0. The molecule has 0 aliphatic heterocycles. The van der Waals surface area contributed by atoms with E-state index >= 15 is 0 Å². The summed E-state index contributed by atoms with van der Waals surface area (Å²) in [7, 11) is 0. The predicted molar refractivity (Wildman–Crippen MR) is 177 cm³/mol. The first-order valence-electron chi connectivity index (χ1n) is 17.8. The van der Waals surface area contributed by atoms with Crippen molar-refractivity contribution in [3.63, 3.8) is 0 Å². The number of ketones is 1. The second-order valence-corrected chi connectivity index (χ2v) is 15.3. The highest BCUT2D eigenvalue weighted by atomic mass is 16.7. The predicted octanol–water partition coefficient (Wildman–Crippen LogP) is 8.52. The number of carbonyl (C=O) groups is 2. The van der Waals surface area contributed by atoms with Crippen LogP contribution in [-0.4, -0.2) is 31.4 Å². The zero-order chi connectivity index (χ0) is 32.1. The second-order valence-electron chi connectivity index (χ2n) is 15.3. The Balaban J connectivity index is 0.977. The van der Waals surface area contributed by atoms with Gasteiger partial charge in [0.05, 0.1) is 19.3 Å². The summed E-state index contributed by atoms with van der Waals surface area (Å²) in [5.41, 5.74) is 2.59. The molecule has 250 valence electrons. The van der Waals surface area contributed by atoms with E-state index < -0.39 is 0 Å². The average Bonchev–Trinajstić information content (AvgIpc) is 3.42. The molecule has 2 aromatic carbocycles. The molecule has 0 aromatic heterocycles. The Bertz CT molecular complexity index is 1300. The second kappa shape index (κ2) is 14.7. The molecule has 0 N–H and O–H groups in total. The number of hydrogen-bond donors (Lipinski definition) is 0. The van der Waals surface area contributed by atoms with Gasteiger partial charge in [0.25, 0.3) is 0 Å². The zero-order valence-corrected chi connectivity index (χ0v) is 28.2. The van der Waals surface area contributed by atoms with Gasteiger partial charge in [-0.2, -0.15) is 0 Å². The van der Waals surface area contributed by atoms with Crippen molar-refractivity contribution >= 4 is 11.8 Å². The van der Waals surface area contributed by atoms with Crippen LogP contribution in [0.25, 0.3) is 0 Å². The van der Waals surface area contributed by atoms with Crippen molar-refractivity contribution in [3.05, 3.63) is 71.8 Å². The third-order valence-corrected chi connectivity index (χ3v) is 12.9. The van der Waals surface area contributed by atoms with Gasteiger partial charge < -0.3 is 18.9 Å². The Hall–Kier alpha value is -2.54. The van der Waals surface area contributed by atoms with Gasteiger partial charge in [0, 0.05) is 18.8 Å². The van der Waals surface area contributed by atoms with E-state index in [9.17, 15) is 9.59 Å². The first-order chi connectivity index (χ1) is 22.3. The molecule has 0 radical (unpaired) electrons. The lowest BCUT2D eigenvalue weighted by molar-refractivity contribution is -0.171. The van der Waals surface area contributed by atoms with Crippen molar-refractivity contribution in [3.8, 4) is 0 Å². The van der Waals surface area contributed by atoms with Gasteiger partial charge in [0.2, 0.25) is 0 Å². The van der Waals surface area contributed by atoms with Crippen molar-refractivity contribution in [2.75, 3.05) is 13.6 Å². The maximum Gasteiger partial charge on any atom is 0.307 e. The summed E-state index contributed by atoms with van der Waals surface area (Å²) >= 11 is 0. The lowest BCUT2D eigenvalue weighted by Gasteiger charge is -2.60. The van der Waals surface area contributed by atoms with E-state index in [0.29, 0.717) is 68.2 Å². The van der Waals surface area contributed by atoms with E-state index in [1.54, 1.807) is 0 Å². The summed E-state index contributed by atoms with van der Waals surface area (Å²) < 4.78 is 23.0. The van der Waals surface area contributed by atoms with E-state index in [-0.39, 0.29) is 35.6 Å². The van der Waals surface area contributed by atoms with Gasteiger partial charge >= 0.3 is 5.97 Å². The molecular weight excluding hydrogens is 576 g/mol. The molecule has 0 heterocycles. The monoisotopic (exact) mass is 630 g/mol. The van der Waals surface area contributed by atoms with E-state index in [1.807, 2.05) is 48.5 Å².